The van der Waals surface area contributed by atoms with Gasteiger partial charge in [-0.1, -0.05) is 13.8 Å². The van der Waals surface area contributed by atoms with E-state index in [4.69, 9.17) is 14.6 Å². The molecule has 66 valence electrons. The Morgan fingerprint density at radius 1 is 1.55 bits per heavy atom. The van der Waals surface area contributed by atoms with Crippen molar-refractivity contribution < 1.29 is 14.6 Å². The van der Waals surface area contributed by atoms with E-state index >= 15 is 0 Å². The van der Waals surface area contributed by atoms with Gasteiger partial charge in [-0.15, -0.1) is 0 Å². The van der Waals surface area contributed by atoms with E-state index in [0.29, 0.717) is 12.5 Å². The molecular formula is C8H16O3. The van der Waals surface area contributed by atoms with Crippen molar-refractivity contribution in [3.8, 4) is 0 Å². The molecule has 1 aliphatic rings. The molecule has 0 aromatic heterocycles. The van der Waals surface area contributed by atoms with Gasteiger partial charge in [0.05, 0.1) is 19.3 Å². The van der Waals surface area contributed by atoms with Crippen LogP contribution in [-0.4, -0.2) is 30.7 Å². The minimum Gasteiger partial charge on any atom is -0.394 e. The van der Waals surface area contributed by atoms with Crippen molar-refractivity contribution in [2.24, 2.45) is 5.92 Å². The largest absolute Gasteiger partial charge is 0.394 e. The van der Waals surface area contributed by atoms with Crippen LogP contribution in [0, 0.1) is 5.92 Å². The SMILES string of the molecule is CC(C)[C@@H]1OCC[C@H](CO)O1. The van der Waals surface area contributed by atoms with Gasteiger partial charge in [0.1, 0.15) is 0 Å². The maximum atomic E-state index is 8.81. The number of rotatable bonds is 2. The number of hydrogen-bond acceptors (Lipinski definition) is 3. The highest BCUT2D eigenvalue weighted by Crippen LogP contribution is 2.17. The summed E-state index contributed by atoms with van der Waals surface area (Å²) in [4.78, 5) is 0. The molecule has 1 fully saturated rings. The van der Waals surface area contributed by atoms with Crippen molar-refractivity contribution in [3.63, 3.8) is 0 Å². The van der Waals surface area contributed by atoms with Gasteiger partial charge in [0.2, 0.25) is 0 Å². The molecule has 3 nitrogen and oxygen atoms in total. The van der Waals surface area contributed by atoms with E-state index in [1.54, 1.807) is 0 Å². The second-order valence-electron chi connectivity index (χ2n) is 3.21. The molecule has 1 N–H and O–H groups in total. The standard InChI is InChI=1S/C8H16O3/c1-6(2)8-10-4-3-7(5-9)11-8/h6-9H,3-5H2,1-2H3/t7-,8-/m1/s1. The maximum Gasteiger partial charge on any atom is 0.160 e. The number of aliphatic hydroxyl groups excluding tert-OH is 1. The molecule has 0 unspecified atom stereocenters. The summed E-state index contributed by atoms with van der Waals surface area (Å²) in [6.07, 6.45) is 0.664. The van der Waals surface area contributed by atoms with Crippen LogP contribution in [0.5, 0.6) is 0 Å². The first-order chi connectivity index (χ1) is 5.24. The number of hydrogen-bond donors (Lipinski definition) is 1. The lowest BCUT2D eigenvalue weighted by Crippen LogP contribution is -2.37. The van der Waals surface area contributed by atoms with E-state index in [0.717, 1.165) is 6.42 Å². The van der Waals surface area contributed by atoms with Crippen LogP contribution in [0.3, 0.4) is 0 Å². The van der Waals surface area contributed by atoms with Gasteiger partial charge in [0, 0.05) is 5.92 Å². The Bertz CT molecular complexity index is 114. The molecule has 0 amide bonds. The second-order valence-corrected chi connectivity index (χ2v) is 3.21. The zero-order valence-corrected chi connectivity index (χ0v) is 7.12. The maximum absolute atomic E-state index is 8.81. The molecule has 0 radical (unpaired) electrons. The van der Waals surface area contributed by atoms with Crippen molar-refractivity contribution in [3.05, 3.63) is 0 Å². The molecule has 1 saturated heterocycles. The Morgan fingerprint density at radius 2 is 2.27 bits per heavy atom. The average Bonchev–Trinajstić information content (AvgIpc) is 2.05. The van der Waals surface area contributed by atoms with E-state index in [1.165, 1.54) is 0 Å². The first kappa shape index (κ1) is 8.97. The molecule has 1 heterocycles. The van der Waals surface area contributed by atoms with E-state index in [-0.39, 0.29) is 19.0 Å². The van der Waals surface area contributed by atoms with E-state index in [9.17, 15) is 0 Å². The van der Waals surface area contributed by atoms with Crippen LogP contribution >= 0.6 is 0 Å². The van der Waals surface area contributed by atoms with E-state index in [1.807, 2.05) is 13.8 Å². The summed E-state index contributed by atoms with van der Waals surface area (Å²) in [7, 11) is 0. The molecule has 2 atom stereocenters. The average molecular weight is 160 g/mol. The Balaban J connectivity index is 2.33. The zero-order valence-electron chi connectivity index (χ0n) is 7.12. The third-order valence-corrected chi connectivity index (χ3v) is 1.80. The third-order valence-electron chi connectivity index (χ3n) is 1.80. The molecule has 1 aliphatic heterocycles. The monoisotopic (exact) mass is 160 g/mol. The summed E-state index contributed by atoms with van der Waals surface area (Å²) in [6, 6.07) is 0. The van der Waals surface area contributed by atoms with Gasteiger partial charge in [-0.2, -0.15) is 0 Å². The van der Waals surface area contributed by atoms with Crippen molar-refractivity contribution in [1.82, 2.24) is 0 Å². The van der Waals surface area contributed by atoms with Crippen LogP contribution in [0.2, 0.25) is 0 Å². The van der Waals surface area contributed by atoms with Crippen LogP contribution in [0.4, 0.5) is 0 Å². The van der Waals surface area contributed by atoms with Crippen LogP contribution in [-0.2, 0) is 9.47 Å². The molecule has 0 aromatic rings. The van der Waals surface area contributed by atoms with Gasteiger partial charge in [0.15, 0.2) is 6.29 Å². The zero-order chi connectivity index (χ0) is 8.27. The Hall–Kier alpha value is -0.120. The fraction of sp³-hybridized carbons (Fsp3) is 1.00. The lowest BCUT2D eigenvalue weighted by Gasteiger charge is -2.31. The van der Waals surface area contributed by atoms with Gasteiger partial charge >= 0.3 is 0 Å². The molecular weight excluding hydrogens is 144 g/mol. The quantitative estimate of drug-likeness (QED) is 0.648. The second kappa shape index (κ2) is 4.04. The van der Waals surface area contributed by atoms with Crippen molar-refractivity contribution in [1.29, 1.82) is 0 Å². The van der Waals surface area contributed by atoms with E-state index in [2.05, 4.69) is 0 Å². The molecule has 1 rings (SSSR count). The lowest BCUT2D eigenvalue weighted by molar-refractivity contribution is -0.236. The Morgan fingerprint density at radius 3 is 2.82 bits per heavy atom. The van der Waals surface area contributed by atoms with Gasteiger partial charge < -0.3 is 14.6 Å². The first-order valence-corrected chi connectivity index (χ1v) is 4.12. The fourth-order valence-electron chi connectivity index (χ4n) is 1.10. The highest BCUT2D eigenvalue weighted by Gasteiger charge is 2.24. The molecule has 0 aromatic carbocycles. The Labute approximate surface area is 67.3 Å². The van der Waals surface area contributed by atoms with Crippen LogP contribution in [0.1, 0.15) is 20.3 Å². The van der Waals surface area contributed by atoms with Crippen LogP contribution < -0.4 is 0 Å². The van der Waals surface area contributed by atoms with Crippen molar-refractivity contribution in [2.75, 3.05) is 13.2 Å². The molecule has 0 aliphatic carbocycles. The molecule has 11 heavy (non-hydrogen) atoms. The minimum absolute atomic E-state index is 0.0175. The van der Waals surface area contributed by atoms with Gasteiger partial charge in [0.25, 0.3) is 0 Å². The summed E-state index contributed by atoms with van der Waals surface area (Å²) in [6.45, 7) is 4.90. The summed E-state index contributed by atoms with van der Waals surface area (Å²) >= 11 is 0. The highest BCUT2D eigenvalue weighted by atomic mass is 16.7. The predicted molar refractivity (Wildman–Crippen MR) is 41.2 cm³/mol. The summed E-state index contributed by atoms with van der Waals surface area (Å²) in [5.74, 6) is 0.365. The summed E-state index contributed by atoms with van der Waals surface area (Å²) in [5, 5.41) is 8.81. The van der Waals surface area contributed by atoms with Crippen molar-refractivity contribution >= 4 is 0 Å². The molecule has 0 saturated carbocycles. The molecule has 0 spiro atoms. The number of ether oxygens (including phenoxy) is 2. The highest BCUT2D eigenvalue weighted by molar-refractivity contribution is 4.64. The minimum atomic E-state index is -0.124. The topological polar surface area (TPSA) is 38.7 Å². The summed E-state index contributed by atoms with van der Waals surface area (Å²) < 4.78 is 10.8. The van der Waals surface area contributed by atoms with Gasteiger partial charge in [-0.25, -0.2) is 0 Å². The van der Waals surface area contributed by atoms with Crippen molar-refractivity contribution in [2.45, 2.75) is 32.7 Å². The van der Waals surface area contributed by atoms with Crippen LogP contribution in [0.15, 0.2) is 0 Å². The number of aliphatic hydroxyl groups is 1. The first-order valence-electron chi connectivity index (χ1n) is 4.12. The third kappa shape index (κ3) is 2.43. The molecule has 0 bridgehead atoms. The van der Waals surface area contributed by atoms with E-state index < -0.39 is 0 Å². The predicted octanol–water partition coefficient (Wildman–Crippen LogP) is 0.766. The van der Waals surface area contributed by atoms with Crippen LogP contribution in [0.25, 0.3) is 0 Å². The fourth-order valence-corrected chi connectivity index (χ4v) is 1.10. The van der Waals surface area contributed by atoms with Gasteiger partial charge in [-0.3, -0.25) is 0 Å². The van der Waals surface area contributed by atoms with Gasteiger partial charge in [-0.05, 0) is 6.42 Å². The smallest absolute Gasteiger partial charge is 0.160 e. The summed E-state index contributed by atoms with van der Waals surface area (Å²) in [5.41, 5.74) is 0. The molecule has 3 heteroatoms. The lowest BCUT2D eigenvalue weighted by atomic mass is 10.2. The normalized spacial score (nSPS) is 32.7. The Kier molecular flexibility index (Phi) is 3.30.